The molecule has 0 aromatic heterocycles. The summed E-state index contributed by atoms with van der Waals surface area (Å²) >= 11 is 3.08. The molecular weight excluding hydrogens is 509 g/mol. The minimum Gasteiger partial charge on any atom is -0.305 e. The predicted octanol–water partition coefficient (Wildman–Crippen LogP) is 7.06. The van der Waals surface area contributed by atoms with Crippen molar-refractivity contribution in [2.45, 2.75) is 37.8 Å². The number of fused-ring (bicyclic) bond motifs is 3. The molecule has 34 heavy (non-hydrogen) atoms. The van der Waals surface area contributed by atoms with E-state index in [1.807, 2.05) is 38.1 Å². The van der Waals surface area contributed by atoms with Crippen LogP contribution < -0.4 is 4.31 Å². The molecule has 6 nitrogen and oxygen atoms in total. The summed E-state index contributed by atoms with van der Waals surface area (Å²) in [5, 5.41) is 0.183. The number of anilines is 1. The van der Waals surface area contributed by atoms with Crippen molar-refractivity contribution >= 4 is 46.8 Å². The predicted molar refractivity (Wildman–Crippen MR) is 142 cm³/mol. The Hall–Kier alpha value is -1.48. The molecule has 2 aromatic rings. The van der Waals surface area contributed by atoms with Crippen LogP contribution in [-0.4, -0.2) is 27.4 Å². The van der Waals surface area contributed by atoms with E-state index in [1.54, 1.807) is 56.0 Å². The first-order valence-electron chi connectivity index (χ1n) is 11.1. The van der Waals surface area contributed by atoms with Crippen molar-refractivity contribution in [1.82, 2.24) is 0 Å². The van der Waals surface area contributed by atoms with Crippen LogP contribution in [0.3, 0.4) is 0 Å². The average Bonchev–Trinajstić information content (AvgIpc) is 3.14. The van der Waals surface area contributed by atoms with Crippen LogP contribution >= 0.6 is 31.1 Å². The second-order valence-corrected chi connectivity index (χ2v) is 14.1. The van der Waals surface area contributed by atoms with Gasteiger partial charge in [0.15, 0.2) is 0 Å². The van der Waals surface area contributed by atoms with Crippen molar-refractivity contribution in [3.05, 3.63) is 81.0 Å². The zero-order chi connectivity index (χ0) is 24.5. The van der Waals surface area contributed by atoms with E-state index in [2.05, 4.69) is 0 Å². The van der Waals surface area contributed by atoms with Gasteiger partial charge in [0.2, 0.25) is 0 Å². The number of thioether (sulfide) groups is 2. The van der Waals surface area contributed by atoms with Crippen molar-refractivity contribution in [1.29, 1.82) is 0 Å². The Morgan fingerprint density at radius 2 is 1.68 bits per heavy atom. The highest BCUT2D eigenvalue weighted by Gasteiger charge is 2.46. The highest BCUT2D eigenvalue weighted by molar-refractivity contribution is 8.22. The van der Waals surface area contributed by atoms with E-state index in [0.29, 0.717) is 16.7 Å². The fourth-order valence-corrected chi connectivity index (χ4v) is 10.5. The van der Waals surface area contributed by atoms with E-state index in [-0.39, 0.29) is 23.4 Å². The fraction of sp³-hybridized carbons (Fsp3) is 0.333. The lowest BCUT2D eigenvalue weighted by Crippen LogP contribution is -2.29. The van der Waals surface area contributed by atoms with Crippen LogP contribution in [0, 0.1) is 6.92 Å². The number of para-hydroxylation sites is 1. The third-order valence-electron chi connectivity index (χ3n) is 5.39. The van der Waals surface area contributed by atoms with Gasteiger partial charge in [0.25, 0.3) is 10.0 Å². The van der Waals surface area contributed by atoms with Crippen molar-refractivity contribution in [3.63, 3.8) is 0 Å². The van der Waals surface area contributed by atoms with Crippen LogP contribution in [-0.2, 0) is 23.6 Å². The summed E-state index contributed by atoms with van der Waals surface area (Å²) in [6.07, 6.45) is 1.72. The molecule has 0 fully saturated rings. The number of nitrogens with zero attached hydrogens (tertiary/aromatic N) is 1. The Morgan fingerprint density at radius 3 is 2.29 bits per heavy atom. The quantitative estimate of drug-likeness (QED) is 0.317. The first-order chi connectivity index (χ1) is 16.3. The molecule has 2 aliphatic heterocycles. The van der Waals surface area contributed by atoms with Gasteiger partial charge in [-0.25, -0.2) is 12.7 Å². The standard InChI is InChI=1S/C24H28NO5PS3/c1-5-29-31(26,30-6-2)22-16-21-23(33-24(22)32-7-3)19-10-8-9-11-20(19)25(21)34(27,28)18-14-12-17(4)13-15-18/h8-16,23H,5-7H2,1-4H3. The molecule has 4 rings (SSSR count). The zero-order valence-electron chi connectivity index (χ0n) is 19.6. The molecule has 0 radical (unpaired) electrons. The Balaban J connectivity index is 1.93. The minimum atomic E-state index is -3.91. The normalized spacial score (nSPS) is 18.1. The molecule has 1 unspecified atom stereocenters. The molecule has 10 heteroatoms. The highest BCUT2D eigenvalue weighted by atomic mass is 32.2. The Bertz CT molecular complexity index is 1280. The summed E-state index contributed by atoms with van der Waals surface area (Å²) in [5.74, 6) is 0.771. The molecule has 0 amide bonds. The monoisotopic (exact) mass is 537 g/mol. The Kier molecular flexibility index (Phi) is 7.72. The Morgan fingerprint density at radius 1 is 1.03 bits per heavy atom. The first-order valence-corrected chi connectivity index (χ1v) is 16.0. The van der Waals surface area contributed by atoms with Crippen LogP contribution in [0.1, 0.15) is 37.1 Å². The molecule has 0 spiro atoms. The second-order valence-electron chi connectivity index (χ2n) is 7.65. The largest absolute Gasteiger partial charge is 0.363 e. The third-order valence-corrected chi connectivity index (χ3v) is 12.2. The summed E-state index contributed by atoms with van der Waals surface area (Å²) in [6, 6.07) is 14.3. The van der Waals surface area contributed by atoms with Crippen LogP contribution in [0.4, 0.5) is 5.69 Å². The summed E-state index contributed by atoms with van der Waals surface area (Å²) in [4.78, 5) is 0.205. The van der Waals surface area contributed by atoms with Crippen LogP contribution in [0.2, 0.25) is 0 Å². The van der Waals surface area contributed by atoms with Crippen molar-refractivity contribution in [2.75, 3.05) is 23.3 Å². The SMILES string of the molecule is CCOP(=O)(OCC)C1=C(SCC)SC2C(=C1)N(S(=O)(=O)c1ccc(C)cc1)c1ccccc12. The van der Waals surface area contributed by atoms with Crippen LogP contribution in [0.15, 0.2) is 74.8 Å². The van der Waals surface area contributed by atoms with Gasteiger partial charge in [-0.05, 0) is 56.4 Å². The van der Waals surface area contributed by atoms with Gasteiger partial charge in [-0.15, -0.1) is 23.5 Å². The van der Waals surface area contributed by atoms with Gasteiger partial charge in [-0.1, -0.05) is 42.8 Å². The van der Waals surface area contributed by atoms with Gasteiger partial charge in [-0.2, -0.15) is 0 Å². The summed E-state index contributed by atoms with van der Waals surface area (Å²) in [7, 11) is -7.55. The summed E-state index contributed by atoms with van der Waals surface area (Å²) in [6.45, 7) is 7.91. The maximum atomic E-state index is 13.9. The number of aryl methyl sites for hydroxylation is 1. The lowest BCUT2D eigenvalue weighted by Gasteiger charge is -2.29. The van der Waals surface area contributed by atoms with Crippen molar-refractivity contribution in [2.24, 2.45) is 0 Å². The maximum Gasteiger partial charge on any atom is 0.363 e. The van der Waals surface area contributed by atoms with Gasteiger partial charge in [0.1, 0.15) is 0 Å². The zero-order valence-corrected chi connectivity index (χ0v) is 22.9. The van der Waals surface area contributed by atoms with Crippen molar-refractivity contribution in [3.8, 4) is 0 Å². The molecule has 0 bridgehead atoms. The fourth-order valence-electron chi connectivity index (χ4n) is 3.95. The topological polar surface area (TPSA) is 72.9 Å². The molecular formula is C24H28NO5PS3. The number of sulfonamides is 1. The van der Waals surface area contributed by atoms with Gasteiger partial charge < -0.3 is 9.05 Å². The van der Waals surface area contributed by atoms with Crippen molar-refractivity contribution < 1.29 is 22.0 Å². The summed E-state index contributed by atoms with van der Waals surface area (Å²) in [5.41, 5.74) is 3.04. The molecule has 2 heterocycles. The molecule has 0 saturated heterocycles. The molecule has 182 valence electrons. The first kappa shape index (κ1) is 25.6. The molecule has 0 aliphatic carbocycles. The highest BCUT2D eigenvalue weighted by Crippen LogP contribution is 2.67. The number of hydrogen-bond donors (Lipinski definition) is 0. The lowest BCUT2D eigenvalue weighted by molar-refractivity contribution is 0.227. The molecule has 2 aromatic carbocycles. The molecule has 2 aliphatic rings. The second kappa shape index (κ2) is 10.2. The maximum absolute atomic E-state index is 13.9. The lowest BCUT2D eigenvalue weighted by atomic mass is 10.1. The van der Waals surface area contributed by atoms with E-state index in [4.69, 9.17) is 9.05 Å². The van der Waals surface area contributed by atoms with E-state index >= 15 is 0 Å². The van der Waals surface area contributed by atoms with Gasteiger partial charge in [-0.3, -0.25) is 4.57 Å². The van der Waals surface area contributed by atoms with Crippen LogP contribution in [0.25, 0.3) is 0 Å². The Labute approximate surface area is 210 Å². The number of hydrogen-bond acceptors (Lipinski definition) is 7. The molecule has 1 atom stereocenters. The third kappa shape index (κ3) is 4.54. The number of allylic oxidation sites excluding steroid dienone is 2. The van der Waals surface area contributed by atoms with E-state index in [1.165, 1.54) is 16.1 Å². The van der Waals surface area contributed by atoms with Crippen LogP contribution in [0.5, 0.6) is 0 Å². The smallest absolute Gasteiger partial charge is 0.305 e. The van der Waals surface area contributed by atoms with E-state index in [0.717, 1.165) is 21.1 Å². The van der Waals surface area contributed by atoms with E-state index < -0.39 is 17.6 Å². The van der Waals surface area contributed by atoms with Gasteiger partial charge in [0.05, 0.1) is 44.3 Å². The molecule has 0 N–H and O–H groups in total. The molecule has 0 saturated carbocycles. The average molecular weight is 538 g/mol. The van der Waals surface area contributed by atoms with E-state index in [9.17, 15) is 13.0 Å². The number of rotatable bonds is 9. The van der Waals surface area contributed by atoms with Gasteiger partial charge in [0, 0.05) is 0 Å². The minimum absolute atomic E-state index is 0.205. The number of benzene rings is 2. The summed E-state index contributed by atoms with van der Waals surface area (Å²) < 4.78 is 55.2. The van der Waals surface area contributed by atoms with Gasteiger partial charge >= 0.3 is 7.60 Å².